The average Bonchev–Trinajstić information content (AvgIpc) is 3.91. The number of pyridine rings is 3. The second kappa shape index (κ2) is 14.2. The molecule has 0 spiro atoms. The highest BCUT2D eigenvalue weighted by atomic mass is 31.0. The molecule has 3 atom stereocenters. The fraction of sp³-hybridized carbons (Fsp3) is 0.205. The Morgan fingerprint density at radius 1 is 0.893 bits per heavy atom. The van der Waals surface area contributed by atoms with E-state index in [1.54, 1.807) is 52.2 Å². The summed E-state index contributed by atoms with van der Waals surface area (Å²) < 4.78 is 104. The summed E-state index contributed by atoms with van der Waals surface area (Å²) in [5.74, 6) is -0.574. The second-order valence-electron chi connectivity index (χ2n) is 13.4. The lowest BCUT2D eigenvalue weighted by atomic mass is 9.90. The number of alkyl halides is 5. The van der Waals surface area contributed by atoms with Gasteiger partial charge in [0.15, 0.2) is 5.41 Å². The van der Waals surface area contributed by atoms with E-state index < -0.39 is 77.7 Å². The molecule has 2 unspecified atom stereocenters. The molecule has 0 saturated heterocycles. The van der Waals surface area contributed by atoms with Crippen molar-refractivity contribution in [1.29, 1.82) is 0 Å². The van der Waals surface area contributed by atoms with E-state index in [4.69, 9.17) is 4.98 Å². The van der Waals surface area contributed by atoms with Gasteiger partial charge in [-0.1, -0.05) is 15.2 Å². The van der Waals surface area contributed by atoms with E-state index in [2.05, 4.69) is 42.2 Å². The van der Waals surface area contributed by atoms with Gasteiger partial charge in [-0.15, -0.1) is 0 Å². The number of nitrogens with one attached hydrogen (secondary N) is 3. The van der Waals surface area contributed by atoms with Crippen molar-refractivity contribution in [1.82, 2.24) is 40.0 Å². The topological polar surface area (TPSA) is 117 Å². The molecule has 6 aromatic heterocycles. The number of fused-ring (bicyclic) bond motifs is 3. The lowest BCUT2D eigenvalue weighted by Gasteiger charge is -2.32. The summed E-state index contributed by atoms with van der Waals surface area (Å²) in [7, 11) is 1.76. The third-order valence-corrected chi connectivity index (χ3v) is 10.0. The maximum atomic E-state index is 15.8. The van der Waals surface area contributed by atoms with Crippen molar-refractivity contribution in [2.75, 3.05) is 0 Å². The first kappa shape index (κ1) is 36.9. The van der Waals surface area contributed by atoms with E-state index in [-0.39, 0.29) is 23.4 Å². The lowest BCUT2D eigenvalue weighted by Crippen LogP contribution is -2.36. The summed E-state index contributed by atoms with van der Waals surface area (Å²) in [5, 5.41) is 5.29. The summed E-state index contributed by atoms with van der Waals surface area (Å²) in [6, 6.07) is 12.2. The predicted molar refractivity (Wildman–Crippen MR) is 195 cm³/mol. The number of amides is 1. The Balaban J connectivity index is 1.23. The highest BCUT2D eigenvalue weighted by Crippen LogP contribution is 2.54. The molecule has 0 aliphatic heterocycles. The normalized spacial score (nSPS) is 16.8. The van der Waals surface area contributed by atoms with Crippen LogP contribution in [0.3, 0.4) is 0 Å². The summed E-state index contributed by atoms with van der Waals surface area (Å²) in [4.78, 5) is 33.5. The van der Waals surface area contributed by atoms with Crippen LogP contribution in [0.15, 0.2) is 79.4 Å². The van der Waals surface area contributed by atoms with Gasteiger partial charge < -0.3 is 15.3 Å². The van der Waals surface area contributed by atoms with Gasteiger partial charge in [0.25, 0.3) is 12.3 Å². The van der Waals surface area contributed by atoms with E-state index in [0.717, 1.165) is 22.9 Å². The number of hydrogen-bond acceptors (Lipinski definition) is 5. The minimum absolute atomic E-state index is 0.103. The Bertz CT molecular complexity index is 2690. The molecule has 284 valence electrons. The minimum atomic E-state index is -3.83. The number of hydrogen-bond donors (Lipinski definition) is 3. The Morgan fingerprint density at radius 3 is 2.30 bits per heavy atom. The standard InChI is InChI=1S/C39H28F7N8OP/c40-25-12-21(13-26(41)16-25)14-29(52-30(55)19-54-34-31(33(53-54)35(42)43)38(44,45)7-8-39(34,46)56)32-28(24-15-23-6-10-48-37(23)50-18-24)4-3-27(51-32)2-1-20-11-22-5-9-47-36(22)49-17-20/h3-6,9-13,15-18,29,35H,7-8,14,19,56H2,(H,47,49)(H,48,50)(H,52,55)/t29-,39?/m0/s1. The number of benzene rings is 1. The molecule has 1 aromatic carbocycles. The summed E-state index contributed by atoms with van der Waals surface area (Å²) in [5.41, 5.74) is -0.138. The Hall–Kier alpha value is -6.07. The number of aromatic amines is 2. The van der Waals surface area contributed by atoms with Gasteiger partial charge in [-0.05, 0) is 72.9 Å². The summed E-state index contributed by atoms with van der Waals surface area (Å²) in [6.07, 6.45) is 1.04. The highest BCUT2D eigenvalue weighted by molar-refractivity contribution is 7.18. The maximum Gasteiger partial charge on any atom is 0.282 e. The number of H-pyrrole nitrogens is 2. The molecule has 7 aromatic rings. The van der Waals surface area contributed by atoms with Gasteiger partial charge in [-0.3, -0.25) is 9.48 Å². The van der Waals surface area contributed by atoms with Crippen LogP contribution >= 0.6 is 9.24 Å². The quantitative estimate of drug-likeness (QED) is 0.0815. The van der Waals surface area contributed by atoms with E-state index in [9.17, 15) is 22.4 Å². The summed E-state index contributed by atoms with van der Waals surface area (Å²) >= 11 is 0. The molecule has 1 amide bonds. The number of nitrogens with zero attached hydrogens (tertiary/aromatic N) is 5. The molecule has 0 radical (unpaired) electrons. The average molecular weight is 789 g/mol. The molecule has 1 aliphatic carbocycles. The van der Waals surface area contributed by atoms with Crippen LogP contribution in [-0.2, 0) is 29.1 Å². The molecule has 3 N–H and O–H groups in total. The zero-order valence-electron chi connectivity index (χ0n) is 28.9. The Morgan fingerprint density at radius 2 is 1.59 bits per heavy atom. The molecule has 56 heavy (non-hydrogen) atoms. The second-order valence-corrected chi connectivity index (χ2v) is 14.3. The van der Waals surface area contributed by atoms with Crippen molar-refractivity contribution >= 4 is 37.2 Å². The SMILES string of the molecule is O=C(Cn1nc(C(F)F)c2c1C(F)(P)CCC2(F)F)N[C@@H](Cc1cc(F)cc(F)c1)c1nc(C#Cc2cnc3[nH]ccc3c2)ccc1-c1cnc2[nH]ccc2c1. The molecule has 8 rings (SSSR count). The van der Waals surface area contributed by atoms with Gasteiger partial charge >= 0.3 is 0 Å². The summed E-state index contributed by atoms with van der Waals surface area (Å²) in [6.45, 7) is -0.959. The number of aromatic nitrogens is 7. The molecule has 0 bridgehead atoms. The molecular formula is C39H28F7N8OP. The van der Waals surface area contributed by atoms with Gasteiger partial charge in [0, 0.05) is 64.7 Å². The van der Waals surface area contributed by atoms with E-state index in [0.29, 0.717) is 38.7 Å². The van der Waals surface area contributed by atoms with Crippen molar-refractivity contribution in [2.24, 2.45) is 0 Å². The highest BCUT2D eigenvalue weighted by Gasteiger charge is 2.52. The van der Waals surface area contributed by atoms with Gasteiger partial charge in [0.05, 0.1) is 23.0 Å². The van der Waals surface area contributed by atoms with Crippen molar-refractivity contribution < 1.29 is 35.5 Å². The van der Waals surface area contributed by atoms with Gasteiger partial charge in [-0.25, -0.2) is 45.7 Å². The van der Waals surface area contributed by atoms with Gasteiger partial charge in [-0.2, -0.15) is 5.10 Å². The number of carbonyl (C=O) groups is 1. The van der Waals surface area contributed by atoms with Crippen LogP contribution in [0.5, 0.6) is 0 Å². The van der Waals surface area contributed by atoms with E-state index in [1.807, 2.05) is 18.2 Å². The zero-order valence-corrected chi connectivity index (χ0v) is 30.0. The first-order valence-corrected chi connectivity index (χ1v) is 17.7. The molecule has 6 heterocycles. The van der Waals surface area contributed by atoms with Gasteiger partial charge in [0.2, 0.25) is 5.91 Å². The smallest absolute Gasteiger partial charge is 0.282 e. The lowest BCUT2D eigenvalue weighted by molar-refractivity contribution is -0.122. The predicted octanol–water partition coefficient (Wildman–Crippen LogP) is 8.30. The number of rotatable bonds is 8. The van der Waals surface area contributed by atoms with Crippen LogP contribution in [-0.4, -0.2) is 40.6 Å². The molecule has 17 heteroatoms. The van der Waals surface area contributed by atoms with Crippen LogP contribution in [0.1, 0.15) is 64.8 Å². The third-order valence-electron chi connectivity index (χ3n) is 9.44. The van der Waals surface area contributed by atoms with Crippen molar-refractivity contribution in [3.63, 3.8) is 0 Å². The molecule has 0 saturated carbocycles. The van der Waals surface area contributed by atoms with Crippen LogP contribution in [0.2, 0.25) is 0 Å². The van der Waals surface area contributed by atoms with Crippen molar-refractivity contribution in [3.05, 3.63) is 130 Å². The van der Waals surface area contributed by atoms with Crippen LogP contribution in [0, 0.1) is 23.5 Å². The fourth-order valence-corrected chi connectivity index (χ4v) is 7.39. The molecule has 9 nitrogen and oxygen atoms in total. The largest absolute Gasteiger partial charge is 0.346 e. The number of carbonyl (C=O) groups excluding carboxylic acids is 1. The first-order chi connectivity index (χ1) is 26.7. The van der Waals surface area contributed by atoms with Crippen LogP contribution in [0.4, 0.5) is 30.7 Å². The third kappa shape index (κ3) is 7.22. The minimum Gasteiger partial charge on any atom is -0.346 e. The van der Waals surface area contributed by atoms with E-state index >= 15 is 13.2 Å². The Labute approximate surface area is 315 Å². The molecular weight excluding hydrogens is 760 g/mol. The first-order valence-electron chi connectivity index (χ1n) is 17.1. The van der Waals surface area contributed by atoms with Crippen molar-refractivity contribution in [2.45, 2.75) is 49.6 Å². The van der Waals surface area contributed by atoms with Crippen LogP contribution < -0.4 is 5.32 Å². The molecule has 1 aliphatic rings. The maximum absolute atomic E-state index is 15.8. The number of halogens is 7. The monoisotopic (exact) mass is 788 g/mol. The Kier molecular flexibility index (Phi) is 9.36. The van der Waals surface area contributed by atoms with Crippen molar-refractivity contribution in [3.8, 4) is 23.0 Å². The van der Waals surface area contributed by atoms with E-state index in [1.165, 1.54) is 0 Å². The van der Waals surface area contributed by atoms with Gasteiger partial charge in [0.1, 0.15) is 40.9 Å². The fourth-order valence-electron chi connectivity index (χ4n) is 6.96. The van der Waals surface area contributed by atoms with Crippen LogP contribution in [0.25, 0.3) is 33.2 Å². The molecule has 0 fully saturated rings. The zero-order chi connectivity index (χ0) is 39.4.